The summed E-state index contributed by atoms with van der Waals surface area (Å²) in [7, 11) is 0. The first kappa shape index (κ1) is 17.1. The monoisotopic (exact) mass is 294 g/mol. The highest BCUT2D eigenvalue weighted by molar-refractivity contribution is 5.86. The van der Waals surface area contributed by atoms with Crippen LogP contribution in [0.2, 0.25) is 0 Å². The number of benzene rings is 1. The molecule has 1 amide bonds. The fraction of sp³-hybridized carbons (Fsp3) is 0.467. The predicted octanol–water partition coefficient (Wildman–Crippen LogP) is 0.492. The summed E-state index contributed by atoms with van der Waals surface area (Å²) in [6.45, 7) is 3.35. The van der Waals surface area contributed by atoms with E-state index in [1.807, 2.05) is 30.3 Å². The number of carbonyl (C=O) groups is 2. The number of hydrogen-bond donors (Lipinski definition) is 4. The van der Waals surface area contributed by atoms with Crippen LogP contribution in [0.15, 0.2) is 30.3 Å². The van der Waals surface area contributed by atoms with Crippen LogP contribution in [0.25, 0.3) is 0 Å². The third-order valence-corrected chi connectivity index (χ3v) is 3.34. The molecular formula is C15H22N2O4. The normalized spacial score (nSPS) is 15.3. The zero-order valence-electron chi connectivity index (χ0n) is 12.2. The van der Waals surface area contributed by atoms with E-state index in [2.05, 4.69) is 5.32 Å². The number of nitrogens with one attached hydrogen (secondary N) is 1. The van der Waals surface area contributed by atoms with Crippen LogP contribution in [0.3, 0.4) is 0 Å². The van der Waals surface area contributed by atoms with Crippen LogP contribution < -0.4 is 11.1 Å². The number of hydrogen-bond acceptors (Lipinski definition) is 4. The summed E-state index contributed by atoms with van der Waals surface area (Å²) in [5.74, 6) is -2.42. The number of aliphatic carboxylic acids is 1. The molecule has 0 radical (unpaired) electrons. The molecule has 116 valence electrons. The summed E-state index contributed by atoms with van der Waals surface area (Å²) in [5, 5.41) is 21.4. The number of amides is 1. The number of carboxylic acids is 1. The van der Waals surface area contributed by atoms with Crippen molar-refractivity contribution in [3.63, 3.8) is 0 Å². The Balaban J connectivity index is 2.67. The molecule has 0 aliphatic carbocycles. The largest absolute Gasteiger partial charge is 0.478 e. The van der Waals surface area contributed by atoms with Crippen LogP contribution in [0.1, 0.15) is 25.8 Å². The van der Waals surface area contributed by atoms with Crippen molar-refractivity contribution >= 4 is 11.9 Å². The summed E-state index contributed by atoms with van der Waals surface area (Å²) in [4.78, 5) is 23.1. The van der Waals surface area contributed by atoms with Gasteiger partial charge in [0.25, 0.3) is 5.72 Å². The van der Waals surface area contributed by atoms with E-state index >= 15 is 0 Å². The number of carbonyl (C=O) groups excluding carboxylic acids is 1. The molecule has 0 fully saturated rings. The minimum atomic E-state index is -2.46. The second-order valence-electron chi connectivity index (χ2n) is 5.38. The van der Waals surface area contributed by atoms with E-state index < -0.39 is 23.6 Å². The Labute approximate surface area is 124 Å². The molecule has 0 saturated carbocycles. The summed E-state index contributed by atoms with van der Waals surface area (Å²) in [6, 6.07) is 8.22. The lowest BCUT2D eigenvalue weighted by Gasteiger charge is -2.32. The highest BCUT2D eigenvalue weighted by Crippen LogP contribution is 2.14. The quantitative estimate of drug-likeness (QED) is 0.547. The molecule has 1 rings (SSSR count). The van der Waals surface area contributed by atoms with Crippen molar-refractivity contribution in [1.29, 1.82) is 0 Å². The topological polar surface area (TPSA) is 113 Å². The smallest absolute Gasteiger partial charge is 0.358 e. The van der Waals surface area contributed by atoms with E-state index in [1.165, 1.54) is 0 Å². The summed E-state index contributed by atoms with van der Waals surface area (Å²) >= 11 is 0. The molecule has 0 unspecified atom stereocenters. The first-order valence-electron chi connectivity index (χ1n) is 6.83. The van der Waals surface area contributed by atoms with Gasteiger partial charge < -0.3 is 21.3 Å². The first-order chi connectivity index (χ1) is 9.77. The number of carboxylic acid groups (broad SMARTS) is 1. The van der Waals surface area contributed by atoms with E-state index in [0.29, 0.717) is 6.42 Å². The van der Waals surface area contributed by atoms with Crippen molar-refractivity contribution < 1.29 is 19.8 Å². The van der Waals surface area contributed by atoms with E-state index in [-0.39, 0.29) is 12.3 Å². The number of rotatable bonds is 7. The molecule has 1 aromatic rings. The minimum Gasteiger partial charge on any atom is -0.478 e. The molecule has 0 heterocycles. The van der Waals surface area contributed by atoms with Gasteiger partial charge in [-0.15, -0.1) is 0 Å². The molecule has 0 saturated heterocycles. The zero-order valence-corrected chi connectivity index (χ0v) is 12.2. The molecule has 0 aliphatic heterocycles. The molecule has 0 spiro atoms. The lowest BCUT2D eigenvalue weighted by Crippen LogP contribution is -2.66. The Morgan fingerprint density at radius 1 is 1.29 bits per heavy atom. The Morgan fingerprint density at radius 2 is 1.86 bits per heavy atom. The second kappa shape index (κ2) is 7.19. The van der Waals surface area contributed by atoms with Gasteiger partial charge in [-0.3, -0.25) is 4.79 Å². The van der Waals surface area contributed by atoms with Gasteiger partial charge in [0.2, 0.25) is 5.91 Å². The van der Waals surface area contributed by atoms with Gasteiger partial charge in [0.05, 0.1) is 6.04 Å². The van der Waals surface area contributed by atoms with Crippen molar-refractivity contribution in [2.24, 2.45) is 11.7 Å². The Morgan fingerprint density at radius 3 is 2.33 bits per heavy atom. The SMILES string of the molecule is CC(C)[C@@H](N)[C@@](O)(NC(=O)CCc1ccccc1)C(=O)O. The van der Waals surface area contributed by atoms with Crippen molar-refractivity contribution in [2.75, 3.05) is 0 Å². The van der Waals surface area contributed by atoms with Crippen molar-refractivity contribution in [3.8, 4) is 0 Å². The molecule has 2 atom stereocenters. The van der Waals surface area contributed by atoms with E-state index in [4.69, 9.17) is 10.8 Å². The summed E-state index contributed by atoms with van der Waals surface area (Å²) in [5.41, 5.74) is 4.21. The van der Waals surface area contributed by atoms with Crippen LogP contribution in [-0.4, -0.2) is 33.9 Å². The maximum atomic E-state index is 11.9. The van der Waals surface area contributed by atoms with E-state index in [9.17, 15) is 14.7 Å². The molecule has 6 heteroatoms. The average molecular weight is 294 g/mol. The van der Waals surface area contributed by atoms with Gasteiger partial charge >= 0.3 is 5.97 Å². The van der Waals surface area contributed by atoms with Crippen LogP contribution in [0.4, 0.5) is 0 Å². The van der Waals surface area contributed by atoms with Crippen LogP contribution in [0, 0.1) is 5.92 Å². The van der Waals surface area contributed by atoms with Crippen LogP contribution in [0.5, 0.6) is 0 Å². The number of aliphatic hydroxyl groups is 1. The lowest BCUT2D eigenvalue weighted by atomic mass is 9.93. The highest BCUT2D eigenvalue weighted by atomic mass is 16.4. The molecule has 5 N–H and O–H groups in total. The fourth-order valence-corrected chi connectivity index (χ4v) is 1.94. The van der Waals surface area contributed by atoms with Gasteiger partial charge in [-0.2, -0.15) is 0 Å². The molecule has 0 aliphatic rings. The summed E-state index contributed by atoms with van der Waals surface area (Å²) in [6.07, 6.45) is 0.531. The Kier molecular flexibility index (Phi) is 5.87. The standard InChI is InChI=1S/C15H22N2O4/c1-10(2)13(16)15(21,14(19)20)17-12(18)9-8-11-6-4-3-5-7-11/h3-7,10,13,21H,8-9,16H2,1-2H3,(H,17,18)(H,19,20)/t13-,15+/m1/s1. The first-order valence-corrected chi connectivity index (χ1v) is 6.83. The maximum absolute atomic E-state index is 11.9. The zero-order chi connectivity index (χ0) is 16.0. The second-order valence-corrected chi connectivity index (χ2v) is 5.38. The van der Waals surface area contributed by atoms with Gasteiger partial charge in [0, 0.05) is 6.42 Å². The van der Waals surface area contributed by atoms with Crippen molar-refractivity contribution in [2.45, 2.75) is 38.5 Å². The van der Waals surface area contributed by atoms with Gasteiger partial charge in [0.15, 0.2) is 0 Å². The molecule has 21 heavy (non-hydrogen) atoms. The van der Waals surface area contributed by atoms with Crippen molar-refractivity contribution in [3.05, 3.63) is 35.9 Å². The molecule has 0 aromatic heterocycles. The third-order valence-electron chi connectivity index (χ3n) is 3.34. The molecule has 6 nitrogen and oxygen atoms in total. The lowest BCUT2D eigenvalue weighted by molar-refractivity contribution is -0.170. The predicted molar refractivity (Wildman–Crippen MR) is 78.3 cm³/mol. The molecule has 1 aromatic carbocycles. The number of nitrogens with two attached hydrogens (primary N) is 1. The maximum Gasteiger partial charge on any atom is 0.358 e. The van der Waals surface area contributed by atoms with Crippen LogP contribution in [-0.2, 0) is 16.0 Å². The highest BCUT2D eigenvalue weighted by Gasteiger charge is 2.45. The minimum absolute atomic E-state index is 0.0738. The Bertz CT molecular complexity index is 490. The van der Waals surface area contributed by atoms with Crippen LogP contribution >= 0.6 is 0 Å². The third kappa shape index (κ3) is 4.54. The van der Waals surface area contributed by atoms with Gasteiger partial charge in [0.1, 0.15) is 0 Å². The average Bonchev–Trinajstić information content (AvgIpc) is 2.45. The van der Waals surface area contributed by atoms with E-state index in [0.717, 1.165) is 5.56 Å². The number of aryl methyl sites for hydroxylation is 1. The summed E-state index contributed by atoms with van der Waals surface area (Å²) < 4.78 is 0. The van der Waals surface area contributed by atoms with Crippen molar-refractivity contribution in [1.82, 2.24) is 5.32 Å². The van der Waals surface area contributed by atoms with Gasteiger partial charge in [-0.05, 0) is 17.9 Å². The fourth-order valence-electron chi connectivity index (χ4n) is 1.94. The molecular weight excluding hydrogens is 272 g/mol. The van der Waals surface area contributed by atoms with Gasteiger partial charge in [-0.25, -0.2) is 4.79 Å². The molecule has 0 bridgehead atoms. The Hall–Kier alpha value is -1.92. The van der Waals surface area contributed by atoms with Gasteiger partial charge in [-0.1, -0.05) is 44.2 Å². The van der Waals surface area contributed by atoms with E-state index in [1.54, 1.807) is 13.8 Å².